The molecule has 0 amide bonds. The van der Waals surface area contributed by atoms with E-state index in [1.165, 1.54) is 0 Å². The van der Waals surface area contributed by atoms with Crippen LogP contribution in [0.15, 0.2) is 60.2 Å². The highest BCUT2D eigenvalue weighted by Crippen LogP contribution is 2.35. The Morgan fingerprint density at radius 1 is 1.00 bits per heavy atom. The quantitative estimate of drug-likeness (QED) is 0.688. The average Bonchev–Trinajstić information content (AvgIpc) is 3.01. The van der Waals surface area contributed by atoms with Crippen LogP contribution in [0.4, 0.5) is 0 Å². The summed E-state index contributed by atoms with van der Waals surface area (Å²) < 4.78 is 0. The van der Waals surface area contributed by atoms with Crippen molar-refractivity contribution in [1.29, 1.82) is 5.26 Å². The molecule has 0 aliphatic heterocycles. The molecule has 0 radical (unpaired) electrons. The Hall–Kier alpha value is -2.44. The van der Waals surface area contributed by atoms with Gasteiger partial charge in [-0.15, -0.1) is 11.3 Å². The summed E-state index contributed by atoms with van der Waals surface area (Å²) in [4.78, 5) is 5.31. The number of rotatable bonds is 2. The second kappa shape index (κ2) is 5.05. The van der Waals surface area contributed by atoms with Gasteiger partial charge in [0.2, 0.25) is 0 Å². The van der Waals surface area contributed by atoms with E-state index in [0.29, 0.717) is 5.56 Å². The van der Waals surface area contributed by atoms with E-state index in [2.05, 4.69) is 17.1 Å². The van der Waals surface area contributed by atoms with Crippen LogP contribution in [0.5, 0.6) is 0 Å². The van der Waals surface area contributed by atoms with Crippen molar-refractivity contribution in [3.8, 4) is 27.6 Å². The van der Waals surface area contributed by atoms with Crippen molar-refractivity contribution in [2.24, 2.45) is 0 Å². The molecule has 0 aliphatic carbocycles. The molecule has 90 valence electrons. The Kier molecular flexibility index (Phi) is 3.09. The van der Waals surface area contributed by atoms with Crippen molar-refractivity contribution in [1.82, 2.24) is 4.98 Å². The average molecular weight is 262 g/mol. The molecule has 0 saturated heterocycles. The first kappa shape index (κ1) is 11.6. The smallest absolute Gasteiger partial charge is 0.101 e. The van der Waals surface area contributed by atoms with E-state index in [0.717, 1.165) is 21.6 Å². The van der Waals surface area contributed by atoms with Gasteiger partial charge in [0, 0.05) is 28.4 Å². The number of aromatic nitrogens is 1. The number of hydrogen-bond acceptors (Lipinski definition) is 3. The second-order valence-corrected chi connectivity index (χ2v) is 5.01. The van der Waals surface area contributed by atoms with Crippen molar-refractivity contribution in [3.63, 3.8) is 0 Å². The van der Waals surface area contributed by atoms with Gasteiger partial charge in [-0.05, 0) is 17.0 Å². The highest BCUT2D eigenvalue weighted by molar-refractivity contribution is 7.13. The molecule has 3 aromatic rings. The Morgan fingerprint density at radius 3 is 2.53 bits per heavy atom. The zero-order chi connectivity index (χ0) is 13.1. The van der Waals surface area contributed by atoms with E-state index in [4.69, 9.17) is 0 Å². The minimum absolute atomic E-state index is 0.608. The third-order valence-corrected chi connectivity index (χ3v) is 3.82. The highest BCUT2D eigenvalue weighted by Gasteiger charge is 2.13. The standard InChI is InChI=1S/C16H10N2S/c17-9-13-10-18-11-14(15-7-4-8-19-15)16(13)12-5-2-1-3-6-12/h1-8,10-11H. The molecule has 3 heteroatoms. The fraction of sp³-hybridized carbons (Fsp3) is 0. The molecule has 0 atom stereocenters. The van der Waals surface area contributed by atoms with Crippen molar-refractivity contribution >= 4 is 11.3 Å². The molecule has 2 nitrogen and oxygen atoms in total. The van der Waals surface area contributed by atoms with Crippen LogP contribution in [-0.2, 0) is 0 Å². The van der Waals surface area contributed by atoms with Crippen LogP contribution in [-0.4, -0.2) is 4.98 Å². The highest BCUT2D eigenvalue weighted by atomic mass is 32.1. The molecule has 0 fully saturated rings. The summed E-state index contributed by atoms with van der Waals surface area (Å²) >= 11 is 1.65. The Labute approximate surface area is 115 Å². The lowest BCUT2D eigenvalue weighted by molar-refractivity contribution is 1.31. The fourth-order valence-corrected chi connectivity index (χ4v) is 2.82. The fourth-order valence-electron chi connectivity index (χ4n) is 2.08. The van der Waals surface area contributed by atoms with E-state index < -0.39 is 0 Å². The van der Waals surface area contributed by atoms with E-state index in [1.54, 1.807) is 17.5 Å². The zero-order valence-electron chi connectivity index (χ0n) is 10.1. The summed E-state index contributed by atoms with van der Waals surface area (Å²) in [6, 6.07) is 16.3. The zero-order valence-corrected chi connectivity index (χ0v) is 10.9. The number of nitrogens with zero attached hydrogens (tertiary/aromatic N) is 2. The van der Waals surface area contributed by atoms with Gasteiger partial charge in [-0.1, -0.05) is 36.4 Å². The molecule has 2 aromatic heterocycles. The molecule has 0 unspecified atom stereocenters. The minimum Gasteiger partial charge on any atom is -0.263 e. The monoisotopic (exact) mass is 262 g/mol. The molecule has 2 heterocycles. The van der Waals surface area contributed by atoms with E-state index in [9.17, 15) is 5.26 Å². The summed E-state index contributed by atoms with van der Waals surface area (Å²) in [6.07, 6.45) is 3.45. The first-order valence-corrected chi connectivity index (χ1v) is 6.75. The van der Waals surface area contributed by atoms with Crippen LogP contribution >= 0.6 is 11.3 Å². The van der Waals surface area contributed by atoms with Crippen molar-refractivity contribution in [2.45, 2.75) is 0 Å². The maximum atomic E-state index is 9.32. The summed E-state index contributed by atoms with van der Waals surface area (Å²) in [5.41, 5.74) is 3.63. The van der Waals surface area contributed by atoms with Crippen LogP contribution in [0.3, 0.4) is 0 Å². The number of thiophene rings is 1. The molecule has 19 heavy (non-hydrogen) atoms. The van der Waals surface area contributed by atoms with Gasteiger partial charge in [0.15, 0.2) is 0 Å². The largest absolute Gasteiger partial charge is 0.263 e. The first-order chi connectivity index (χ1) is 9.40. The van der Waals surface area contributed by atoms with E-state index in [1.807, 2.05) is 48.0 Å². The van der Waals surface area contributed by atoms with Gasteiger partial charge in [-0.25, -0.2) is 0 Å². The normalized spacial score (nSPS) is 10.1. The summed E-state index contributed by atoms with van der Waals surface area (Å²) in [6.45, 7) is 0. The number of hydrogen-bond donors (Lipinski definition) is 0. The molecule has 0 saturated carbocycles. The predicted octanol–water partition coefficient (Wildman–Crippen LogP) is 4.35. The molecule has 0 bridgehead atoms. The van der Waals surface area contributed by atoms with Crippen molar-refractivity contribution < 1.29 is 0 Å². The van der Waals surface area contributed by atoms with Gasteiger partial charge in [0.1, 0.15) is 6.07 Å². The first-order valence-electron chi connectivity index (χ1n) is 5.87. The lowest BCUT2D eigenvalue weighted by atomic mass is 9.96. The SMILES string of the molecule is N#Cc1cncc(-c2cccs2)c1-c1ccccc1. The summed E-state index contributed by atoms with van der Waals surface area (Å²) in [5, 5.41) is 11.3. The third-order valence-electron chi connectivity index (χ3n) is 2.92. The van der Waals surface area contributed by atoms with Gasteiger partial charge in [-0.2, -0.15) is 5.26 Å². The van der Waals surface area contributed by atoms with E-state index in [-0.39, 0.29) is 0 Å². The van der Waals surface area contributed by atoms with Crippen LogP contribution in [0.25, 0.3) is 21.6 Å². The molecular weight excluding hydrogens is 252 g/mol. The maximum Gasteiger partial charge on any atom is 0.101 e. The van der Waals surface area contributed by atoms with Crippen LogP contribution in [0, 0.1) is 11.3 Å². The van der Waals surface area contributed by atoms with Gasteiger partial charge in [-0.3, -0.25) is 4.98 Å². The van der Waals surface area contributed by atoms with Crippen molar-refractivity contribution in [3.05, 3.63) is 65.8 Å². The van der Waals surface area contributed by atoms with Gasteiger partial charge in [0.25, 0.3) is 0 Å². The lowest BCUT2D eigenvalue weighted by Crippen LogP contribution is -1.90. The Bertz CT molecular complexity index is 725. The van der Waals surface area contributed by atoms with Gasteiger partial charge < -0.3 is 0 Å². The molecule has 1 aromatic carbocycles. The number of pyridine rings is 1. The maximum absolute atomic E-state index is 9.32. The molecule has 0 spiro atoms. The van der Waals surface area contributed by atoms with Crippen molar-refractivity contribution in [2.75, 3.05) is 0 Å². The molecule has 0 N–H and O–H groups in total. The molecule has 3 rings (SSSR count). The van der Waals surface area contributed by atoms with Crippen LogP contribution in [0.2, 0.25) is 0 Å². The van der Waals surface area contributed by atoms with Crippen LogP contribution in [0.1, 0.15) is 5.56 Å². The predicted molar refractivity (Wildman–Crippen MR) is 77.7 cm³/mol. The third kappa shape index (κ3) is 2.14. The summed E-state index contributed by atoms with van der Waals surface area (Å²) in [5.74, 6) is 0. The number of nitriles is 1. The topological polar surface area (TPSA) is 36.7 Å². The number of benzene rings is 1. The van der Waals surface area contributed by atoms with Gasteiger partial charge in [0.05, 0.1) is 5.56 Å². The van der Waals surface area contributed by atoms with Gasteiger partial charge >= 0.3 is 0 Å². The Balaban J connectivity index is 2.30. The molecule has 0 aliphatic rings. The second-order valence-electron chi connectivity index (χ2n) is 4.06. The lowest BCUT2D eigenvalue weighted by Gasteiger charge is -2.09. The minimum atomic E-state index is 0.608. The Morgan fingerprint density at radius 2 is 1.84 bits per heavy atom. The van der Waals surface area contributed by atoms with E-state index >= 15 is 0 Å². The summed E-state index contributed by atoms with van der Waals surface area (Å²) in [7, 11) is 0. The van der Waals surface area contributed by atoms with Crippen LogP contribution < -0.4 is 0 Å². The molecular formula is C16H10N2S.